The number of ether oxygens (including phenoxy) is 2. The van der Waals surface area contributed by atoms with E-state index in [-0.39, 0.29) is 0 Å². The molecule has 0 aliphatic heterocycles. The second-order valence-electron chi connectivity index (χ2n) is 3.40. The van der Waals surface area contributed by atoms with E-state index in [1.807, 2.05) is 24.3 Å². The molecule has 17 heavy (non-hydrogen) atoms. The Labute approximate surface area is 109 Å². The SMILES string of the molecule is COc1ccc(Br)c(OC)c1-c1cccnc1. The number of methoxy groups -OCH3 is 2. The first-order chi connectivity index (χ1) is 8.27. The third-order valence-corrected chi connectivity index (χ3v) is 3.07. The van der Waals surface area contributed by atoms with Crippen molar-refractivity contribution >= 4 is 15.9 Å². The molecule has 0 saturated carbocycles. The Balaban J connectivity index is 2.69. The third-order valence-electron chi connectivity index (χ3n) is 2.45. The highest BCUT2D eigenvalue weighted by molar-refractivity contribution is 9.10. The smallest absolute Gasteiger partial charge is 0.144 e. The maximum Gasteiger partial charge on any atom is 0.144 e. The Morgan fingerprint density at radius 2 is 1.94 bits per heavy atom. The highest BCUT2D eigenvalue weighted by atomic mass is 79.9. The predicted octanol–water partition coefficient (Wildman–Crippen LogP) is 3.53. The van der Waals surface area contributed by atoms with Gasteiger partial charge in [-0.1, -0.05) is 6.07 Å². The van der Waals surface area contributed by atoms with Gasteiger partial charge in [0.25, 0.3) is 0 Å². The van der Waals surface area contributed by atoms with E-state index in [1.165, 1.54) is 0 Å². The van der Waals surface area contributed by atoms with Crippen molar-refractivity contribution < 1.29 is 9.47 Å². The molecule has 0 saturated heterocycles. The number of nitrogens with zero attached hydrogens (tertiary/aromatic N) is 1. The molecular formula is C13H12BrNO2. The Morgan fingerprint density at radius 3 is 2.53 bits per heavy atom. The number of halogens is 1. The maximum absolute atomic E-state index is 5.42. The molecule has 1 aromatic carbocycles. The van der Waals surface area contributed by atoms with E-state index in [9.17, 15) is 0 Å². The van der Waals surface area contributed by atoms with Crippen molar-refractivity contribution in [2.45, 2.75) is 0 Å². The molecule has 0 radical (unpaired) electrons. The standard InChI is InChI=1S/C13H12BrNO2/c1-16-11-6-5-10(14)13(17-2)12(11)9-4-3-7-15-8-9/h3-8H,1-2H3. The summed E-state index contributed by atoms with van der Waals surface area (Å²) < 4.78 is 11.7. The zero-order chi connectivity index (χ0) is 12.3. The van der Waals surface area contributed by atoms with Crippen molar-refractivity contribution in [3.8, 4) is 22.6 Å². The van der Waals surface area contributed by atoms with Crippen molar-refractivity contribution in [1.29, 1.82) is 0 Å². The minimum absolute atomic E-state index is 0.748. The molecular weight excluding hydrogens is 282 g/mol. The summed E-state index contributed by atoms with van der Waals surface area (Å²) >= 11 is 3.47. The number of hydrogen-bond acceptors (Lipinski definition) is 3. The van der Waals surface area contributed by atoms with E-state index >= 15 is 0 Å². The largest absolute Gasteiger partial charge is 0.496 e. The first-order valence-electron chi connectivity index (χ1n) is 5.08. The van der Waals surface area contributed by atoms with Gasteiger partial charge in [-0.15, -0.1) is 0 Å². The Morgan fingerprint density at radius 1 is 1.12 bits per heavy atom. The van der Waals surface area contributed by atoms with Crippen LogP contribution in [0.2, 0.25) is 0 Å². The zero-order valence-electron chi connectivity index (χ0n) is 9.61. The molecule has 0 N–H and O–H groups in total. The molecule has 4 heteroatoms. The van der Waals surface area contributed by atoms with Gasteiger partial charge in [0.15, 0.2) is 0 Å². The Hall–Kier alpha value is -1.55. The fourth-order valence-corrected chi connectivity index (χ4v) is 2.19. The summed E-state index contributed by atoms with van der Waals surface area (Å²) in [5.74, 6) is 1.51. The third kappa shape index (κ3) is 2.26. The minimum Gasteiger partial charge on any atom is -0.496 e. The van der Waals surface area contributed by atoms with E-state index < -0.39 is 0 Å². The van der Waals surface area contributed by atoms with E-state index in [1.54, 1.807) is 26.6 Å². The van der Waals surface area contributed by atoms with Gasteiger partial charge in [-0.05, 0) is 34.1 Å². The van der Waals surface area contributed by atoms with Crippen LogP contribution >= 0.6 is 15.9 Å². The molecule has 0 fully saturated rings. The Bertz CT molecular complexity index is 514. The van der Waals surface area contributed by atoms with E-state index in [4.69, 9.17) is 9.47 Å². The second-order valence-corrected chi connectivity index (χ2v) is 4.25. The van der Waals surface area contributed by atoms with Gasteiger partial charge in [-0.25, -0.2) is 0 Å². The number of hydrogen-bond donors (Lipinski definition) is 0. The van der Waals surface area contributed by atoms with Crippen LogP contribution in [0.25, 0.3) is 11.1 Å². The lowest BCUT2D eigenvalue weighted by Crippen LogP contribution is -1.94. The summed E-state index contributed by atoms with van der Waals surface area (Å²) in [5.41, 5.74) is 1.86. The molecule has 0 unspecified atom stereocenters. The first kappa shape index (κ1) is 11.9. The molecule has 0 aliphatic rings. The number of aromatic nitrogens is 1. The monoisotopic (exact) mass is 293 g/mol. The lowest BCUT2D eigenvalue weighted by molar-refractivity contribution is 0.395. The number of benzene rings is 1. The summed E-state index contributed by atoms with van der Waals surface area (Å²) in [4.78, 5) is 4.12. The van der Waals surface area contributed by atoms with Crippen LogP contribution in [0.1, 0.15) is 0 Å². The van der Waals surface area contributed by atoms with Gasteiger partial charge in [0.05, 0.1) is 24.3 Å². The molecule has 0 atom stereocenters. The van der Waals surface area contributed by atoms with Crippen LogP contribution in [0.3, 0.4) is 0 Å². The van der Waals surface area contributed by atoms with Crippen LogP contribution in [-0.4, -0.2) is 19.2 Å². The van der Waals surface area contributed by atoms with Crippen molar-refractivity contribution in [3.63, 3.8) is 0 Å². The van der Waals surface area contributed by atoms with Crippen LogP contribution in [0.15, 0.2) is 41.1 Å². The van der Waals surface area contributed by atoms with Gasteiger partial charge < -0.3 is 9.47 Å². The van der Waals surface area contributed by atoms with Gasteiger partial charge in [0, 0.05) is 18.0 Å². The van der Waals surface area contributed by atoms with Crippen LogP contribution in [0.5, 0.6) is 11.5 Å². The van der Waals surface area contributed by atoms with Gasteiger partial charge in [0.1, 0.15) is 11.5 Å². The number of pyridine rings is 1. The summed E-state index contributed by atoms with van der Waals surface area (Å²) in [6.45, 7) is 0. The lowest BCUT2D eigenvalue weighted by atomic mass is 10.1. The molecule has 0 bridgehead atoms. The topological polar surface area (TPSA) is 31.4 Å². The minimum atomic E-state index is 0.748. The maximum atomic E-state index is 5.42. The summed E-state index contributed by atoms with van der Waals surface area (Å²) in [6.07, 6.45) is 3.52. The molecule has 0 amide bonds. The average molecular weight is 294 g/mol. The number of rotatable bonds is 3. The summed E-state index contributed by atoms with van der Waals surface area (Å²) in [7, 11) is 3.28. The van der Waals surface area contributed by atoms with Gasteiger partial charge >= 0.3 is 0 Å². The molecule has 0 spiro atoms. The molecule has 88 valence electrons. The zero-order valence-corrected chi connectivity index (χ0v) is 11.2. The van der Waals surface area contributed by atoms with Crippen LogP contribution < -0.4 is 9.47 Å². The van der Waals surface area contributed by atoms with E-state index in [0.29, 0.717) is 0 Å². The van der Waals surface area contributed by atoms with Gasteiger partial charge in [0.2, 0.25) is 0 Å². The average Bonchev–Trinajstić information content (AvgIpc) is 2.39. The molecule has 2 aromatic rings. The van der Waals surface area contributed by atoms with Gasteiger partial charge in [-0.2, -0.15) is 0 Å². The highest BCUT2D eigenvalue weighted by Crippen LogP contribution is 2.42. The Kier molecular flexibility index (Phi) is 3.64. The fourth-order valence-electron chi connectivity index (χ4n) is 1.69. The van der Waals surface area contributed by atoms with Crippen LogP contribution in [-0.2, 0) is 0 Å². The van der Waals surface area contributed by atoms with E-state index in [2.05, 4.69) is 20.9 Å². The first-order valence-corrected chi connectivity index (χ1v) is 5.88. The second kappa shape index (κ2) is 5.19. The van der Waals surface area contributed by atoms with Gasteiger partial charge in [-0.3, -0.25) is 4.98 Å². The molecule has 3 nitrogen and oxygen atoms in total. The summed E-state index contributed by atoms with van der Waals surface area (Å²) in [6, 6.07) is 7.65. The van der Waals surface area contributed by atoms with Crippen LogP contribution in [0, 0.1) is 0 Å². The highest BCUT2D eigenvalue weighted by Gasteiger charge is 2.15. The van der Waals surface area contributed by atoms with E-state index in [0.717, 1.165) is 27.1 Å². The molecule has 0 aliphatic carbocycles. The van der Waals surface area contributed by atoms with Crippen molar-refractivity contribution in [2.24, 2.45) is 0 Å². The predicted molar refractivity (Wildman–Crippen MR) is 70.5 cm³/mol. The van der Waals surface area contributed by atoms with Crippen molar-refractivity contribution in [2.75, 3.05) is 14.2 Å². The quantitative estimate of drug-likeness (QED) is 0.868. The molecule has 1 aromatic heterocycles. The van der Waals surface area contributed by atoms with Crippen LogP contribution in [0.4, 0.5) is 0 Å². The summed E-state index contributed by atoms with van der Waals surface area (Å²) in [5, 5.41) is 0. The normalized spacial score (nSPS) is 10.1. The van der Waals surface area contributed by atoms with Crippen molar-refractivity contribution in [1.82, 2.24) is 4.98 Å². The fraction of sp³-hybridized carbons (Fsp3) is 0.154. The lowest BCUT2D eigenvalue weighted by Gasteiger charge is -2.14. The molecule has 1 heterocycles. The molecule has 2 rings (SSSR count). The van der Waals surface area contributed by atoms with Crippen molar-refractivity contribution in [3.05, 3.63) is 41.1 Å².